The van der Waals surface area contributed by atoms with E-state index in [4.69, 9.17) is 14.7 Å². The second kappa shape index (κ2) is 7.45. The Morgan fingerprint density at radius 1 is 1.61 bits per heavy atom. The molecule has 120 valence electrons. The summed E-state index contributed by atoms with van der Waals surface area (Å²) in [5.74, 6) is -1.53. The van der Waals surface area contributed by atoms with Crippen LogP contribution >= 0.6 is 0 Å². The maximum absolute atomic E-state index is 12.5. The number of amides is 1. The van der Waals surface area contributed by atoms with Gasteiger partial charge in [-0.05, 0) is 18.1 Å². The molecule has 1 aliphatic heterocycles. The van der Waals surface area contributed by atoms with Crippen molar-refractivity contribution in [2.45, 2.75) is 6.42 Å². The lowest BCUT2D eigenvalue weighted by molar-refractivity contribution is -0.134. The lowest BCUT2D eigenvalue weighted by atomic mass is 9.87. The Morgan fingerprint density at radius 2 is 2.39 bits per heavy atom. The van der Waals surface area contributed by atoms with E-state index in [0.717, 1.165) is 5.56 Å². The van der Waals surface area contributed by atoms with Gasteiger partial charge in [0.1, 0.15) is 11.5 Å². The number of benzene rings is 1. The van der Waals surface area contributed by atoms with Crippen LogP contribution in [-0.2, 0) is 16.0 Å². The van der Waals surface area contributed by atoms with Crippen LogP contribution < -0.4 is 14.8 Å². The molecule has 0 saturated carbocycles. The molecule has 0 saturated heterocycles. The highest BCUT2D eigenvalue weighted by Gasteiger charge is 2.35. The van der Waals surface area contributed by atoms with Crippen molar-refractivity contribution in [3.63, 3.8) is 0 Å². The van der Waals surface area contributed by atoms with E-state index < -0.39 is 23.5 Å². The maximum Gasteiger partial charge on any atom is 0.245 e. The third-order valence-electron chi connectivity index (χ3n) is 3.68. The first kappa shape index (κ1) is 16.6. The van der Waals surface area contributed by atoms with Gasteiger partial charge in [0.2, 0.25) is 5.91 Å². The molecule has 2 unspecified atom stereocenters. The summed E-state index contributed by atoms with van der Waals surface area (Å²) in [6.45, 7) is 3.84. The van der Waals surface area contributed by atoms with Crippen molar-refractivity contribution in [3.05, 3.63) is 36.4 Å². The first-order chi connectivity index (χ1) is 11.1. The third-order valence-corrected chi connectivity index (χ3v) is 3.68. The van der Waals surface area contributed by atoms with E-state index in [1.165, 1.54) is 6.08 Å². The molecule has 0 bridgehead atoms. The van der Waals surface area contributed by atoms with Gasteiger partial charge in [0, 0.05) is 12.6 Å². The number of Topliss-reactive ketones (excluding diaryl/α,β-unsaturated/α-hetero) is 1. The first-order valence-corrected chi connectivity index (χ1v) is 7.22. The highest BCUT2D eigenvalue weighted by Crippen LogP contribution is 2.32. The van der Waals surface area contributed by atoms with E-state index in [2.05, 4.69) is 11.9 Å². The SMILES string of the molecule is C=CCNC(=O)C(C#N)C(=O)C1COc2cc(OC)ccc2C1. The van der Waals surface area contributed by atoms with Gasteiger partial charge in [0.05, 0.1) is 25.7 Å². The van der Waals surface area contributed by atoms with Gasteiger partial charge >= 0.3 is 0 Å². The summed E-state index contributed by atoms with van der Waals surface area (Å²) in [6, 6.07) is 7.15. The number of nitriles is 1. The van der Waals surface area contributed by atoms with Gasteiger partial charge in [0.25, 0.3) is 0 Å². The maximum atomic E-state index is 12.5. The summed E-state index contributed by atoms with van der Waals surface area (Å²) in [7, 11) is 1.57. The van der Waals surface area contributed by atoms with Crippen LogP contribution in [0.3, 0.4) is 0 Å². The van der Waals surface area contributed by atoms with Crippen LogP contribution in [0.4, 0.5) is 0 Å². The summed E-state index contributed by atoms with van der Waals surface area (Å²) in [5.41, 5.74) is 0.860. The average molecular weight is 314 g/mol. The van der Waals surface area contributed by atoms with Gasteiger partial charge in [-0.2, -0.15) is 5.26 Å². The van der Waals surface area contributed by atoms with Gasteiger partial charge in [-0.3, -0.25) is 9.59 Å². The number of carbonyl (C=O) groups excluding carboxylic acids is 2. The van der Waals surface area contributed by atoms with Crippen LogP contribution in [0, 0.1) is 23.2 Å². The van der Waals surface area contributed by atoms with Gasteiger partial charge in [0.15, 0.2) is 11.7 Å². The predicted octanol–water partition coefficient (Wildman–Crippen LogP) is 1.26. The van der Waals surface area contributed by atoms with Crippen molar-refractivity contribution >= 4 is 11.7 Å². The van der Waals surface area contributed by atoms with E-state index >= 15 is 0 Å². The smallest absolute Gasteiger partial charge is 0.245 e. The molecule has 6 nitrogen and oxygen atoms in total. The predicted molar refractivity (Wildman–Crippen MR) is 83.0 cm³/mol. The van der Waals surface area contributed by atoms with Gasteiger partial charge in [-0.15, -0.1) is 6.58 Å². The fourth-order valence-electron chi connectivity index (χ4n) is 2.42. The van der Waals surface area contributed by atoms with E-state index in [9.17, 15) is 9.59 Å². The van der Waals surface area contributed by atoms with Crippen LogP contribution in [0.15, 0.2) is 30.9 Å². The fourth-order valence-corrected chi connectivity index (χ4v) is 2.42. The number of carbonyl (C=O) groups is 2. The average Bonchev–Trinajstić information content (AvgIpc) is 2.59. The molecule has 2 atom stereocenters. The molecule has 1 N–H and O–H groups in total. The Hall–Kier alpha value is -2.81. The van der Waals surface area contributed by atoms with Gasteiger partial charge < -0.3 is 14.8 Å². The summed E-state index contributed by atoms with van der Waals surface area (Å²) in [6.07, 6.45) is 1.93. The number of rotatable bonds is 6. The number of fused-ring (bicyclic) bond motifs is 1. The Bertz CT molecular complexity index is 663. The standard InChI is InChI=1S/C17H18N2O4/c1-3-6-19-17(21)14(9-18)16(20)12-7-11-4-5-13(22-2)8-15(11)23-10-12/h3-5,8,12,14H,1,6-7,10H2,2H3,(H,19,21). The zero-order chi connectivity index (χ0) is 16.8. The highest BCUT2D eigenvalue weighted by molar-refractivity contribution is 6.05. The molecule has 1 aromatic carbocycles. The molecular weight excluding hydrogens is 296 g/mol. The zero-order valence-electron chi connectivity index (χ0n) is 12.9. The summed E-state index contributed by atoms with van der Waals surface area (Å²) in [4.78, 5) is 24.3. The highest BCUT2D eigenvalue weighted by atomic mass is 16.5. The molecule has 0 fully saturated rings. The third kappa shape index (κ3) is 3.69. The second-order valence-electron chi connectivity index (χ2n) is 5.18. The summed E-state index contributed by atoms with van der Waals surface area (Å²) in [5, 5.41) is 11.6. The quantitative estimate of drug-likeness (QED) is 0.631. The Kier molecular flexibility index (Phi) is 5.36. The van der Waals surface area contributed by atoms with E-state index in [1.807, 2.05) is 6.07 Å². The molecule has 6 heteroatoms. The minimum Gasteiger partial charge on any atom is -0.497 e. The second-order valence-corrected chi connectivity index (χ2v) is 5.18. The van der Waals surface area contributed by atoms with Crippen molar-refractivity contribution in [2.75, 3.05) is 20.3 Å². The normalized spacial score (nSPS) is 17.0. The lowest BCUT2D eigenvalue weighted by Crippen LogP contribution is -2.40. The van der Waals surface area contributed by atoms with Crippen molar-refractivity contribution < 1.29 is 19.1 Å². The number of hydrogen-bond acceptors (Lipinski definition) is 5. The van der Waals surface area contributed by atoms with Crippen LogP contribution in [0.5, 0.6) is 11.5 Å². The molecule has 0 spiro atoms. The first-order valence-electron chi connectivity index (χ1n) is 7.22. The topological polar surface area (TPSA) is 88.4 Å². The summed E-state index contributed by atoms with van der Waals surface area (Å²) < 4.78 is 10.7. The molecule has 1 aliphatic rings. The van der Waals surface area contributed by atoms with Crippen molar-refractivity contribution in [3.8, 4) is 17.6 Å². The van der Waals surface area contributed by atoms with Crippen LogP contribution in [-0.4, -0.2) is 32.0 Å². The summed E-state index contributed by atoms with van der Waals surface area (Å²) >= 11 is 0. The van der Waals surface area contributed by atoms with Crippen molar-refractivity contribution in [1.82, 2.24) is 5.32 Å². The van der Waals surface area contributed by atoms with Gasteiger partial charge in [-0.1, -0.05) is 12.1 Å². The number of nitrogens with zero attached hydrogens (tertiary/aromatic N) is 1. The minimum atomic E-state index is -1.33. The molecule has 2 rings (SSSR count). The number of ketones is 1. The minimum absolute atomic E-state index is 0.145. The molecule has 1 aromatic rings. The largest absolute Gasteiger partial charge is 0.497 e. The van der Waals surface area contributed by atoms with Gasteiger partial charge in [-0.25, -0.2) is 0 Å². The Labute approximate surface area is 134 Å². The molecular formula is C17H18N2O4. The molecule has 0 aromatic heterocycles. The van der Waals surface area contributed by atoms with E-state index in [-0.39, 0.29) is 13.2 Å². The Morgan fingerprint density at radius 3 is 3.04 bits per heavy atom. The zero-order valence-corrected chi connectivity index (χ0v) is 12.9. The van der Waals surface area contributed by atoms with Crippen molar-refractivity contribution in [1.29, 1.82) is 5.26 Å². The number of nitrogens with one attached hydrogen (secondary N) is 1. The van der Waals surface area contributed by atoms with Crippen LogP contribution in [0.2, 0.25) is 0 Å². The molecule has 0 aliphatic carbocycles. The van der Waals surface area contributed by atoms with E-state index in [1.54, 1.807) is 25.3 Å². The molecule has 1 heterocycles. The Balaban J connectivity index is 2.10. The fraction of sp³-hybridized carbons (Fsp3) is 0.353. The van der Waals surface area contributed by atoms with Crippen LogP contribution in [0.1, 0.15) is 5.56 Å². The number of ether oxygens (including phenoxy) is 2. The monoisotopic (exact) mass is 314 g/mol. The van der Waals surface area contributed by atoms with Crippen LogP contribution in [0.25, 0.3) is 0 Å². The van der Waals surface area contributed by atoms with E-state index in [0.29, 0.717) is 17.9 Å². The van der Waals surface area contributed by atoms with Crippen molar-refractivity contribution in [2.24, 2.45) is 11.8 Å². The molecule has 1 amide bonds. The molecule has 23 heavy (non-hydrogen) atoms. The number of methoxy groups -OCH3 is 1. The molecule has 0 radical (unpaired) electrons. The lowest BCUT2D eigenvalue weighted by Gasteiger charge is -2.25. The number of hydrogen-bond donors (Lipinski definition) is 1.